The molecule has 0 bridgehead atoms. The summed E-state index contributed by atoms with van der Waals surface area (Å²) in [4.78, 5) is 13.8. The van der Waals surface area contributed by atoms with Crippen LogP contribution >= 0.6 is 0 Å². The molecule has 142 valence electrons. The predicted octanol–water partition coefficient (Wildman–Crippen LogP) is 4.56. The first-order valence-electron chi connectivity index (χ1n) is 9.64. The second-order valence-electron chi connectivity index (χ2n) is 7.06. The van der Waals surface area contributed by atoms with Gasteiger partial charge in [0.25, 0.3) is 0 Å². The van der Waals surface area contributed by atoms with E-state index in [1.807, 2.05) is 42.5 Å². The Morgan fingerprint density at radius 2 is 1.76 bits per heavy atom. The maximum absolute atomic E-state index is 4.81. The fourth-order valence-electron chi connectivity index (χ4n) is 3.43. The molecule has 5 aromatic rings. The summed E-state index contributed by atoms with van der Waals surface area (Å²) in [6, 6.07) is 22.3. The van der Waals surface area contributed by atoms with E-state index in [1.165, 1.54) is 5.56 Å². The van der Waals surface area contributed by atoms with Crippen molar-refractivity contribution in [1.29, 1.82) is 0 Å². The number of anilines is 1. The summed E-state index contributed by atoms with van der Waals surface area (Å²) >= 11 is 0. The lowest BCUT2D eigenvalue weighted by molar-refractivity contribution is 0.788. The molecule has 0 saturated heterocycles. The minimum Gasteiger partial charge on any atom is -0.354 e. The first-order chi connectivity index (χ1) is 14.3. The van der Waals surface area contributed by atoms with Crippen LogP contribution in [0.5, 0.6) is 0 Å². The highest BCUT2D eigenvalue weighted by Gasteiger charge is 2.15. The number of nitrogens with zero attached hydrogens (tertiary/aromatic N) is 5. The van der Waals surface area contributed by atoms with Crippen LogP contribution in [-0.2, 0) is 0 Å². The van der Waals surface area contributed by atoms with Gasteiger partial charge in [-0.15, -0.1) is 5.10 Å². The standard InChI is InChI=1S/C23H20N6/c1-16(17-8-3-2-4-9-17)14-25-23-26-20-12-6-5-11-19(20)22-27-21(28-29(22)23)18-10-7-13-24-15-18/h2-13,15-16H,14H2,1H3,(H,25,26)/t16-/m0/s1. The largest absolute Gasteiger partial charge is 0.354 e. The SMILES string of the molecule is C[C@@H](CNc1nc2ccccc2c2nc(-c3cccnc3)nn12)c1ccccc1. The zero-order valence-corrected chi connectivity index (χ0v) is 16.0. The normalized spacial score (nSPS) is 12.3. The van der Waals surface area contributed by atoms with E-state index in [0.29, 0.717) is 17.7 Å². The van der Waals surface area contributed by atoms with Crippen molar-refractivity contribution in [3.8, 4) is 11.4 Å². The Kier molecular flexibility index (Phi) is 4.37. The minimum absolute atomic E-state index is 0.334. The van der Waals surface area contributed by atoms with Crippen LogP contribution < -0.4 is 5.32 Å². The lowest BCUT2D eigenvalue weighted by atomic mass is 10.0. The molecule has 6 nitrogen and oxygen atoms in total. The summed E-state index contributed by atoms with van der Waals surface area (Å²) in [5.74, 6) is 1.65. The van der Waals surface area contributed by atoms with E-state index in [1.54, 1.807) is 16.9 Å². The minimum atomic E-state index is 0.334. The predicted molar refractivity (Wildman–Crippen MR) is 115 cm³/mol. The molecule has 0 unspecified atom stereocenters. The molecule has 0 aliphatic rings. The molecule has 3 aromatic heterocycles. The van der Waals surface area contributed by atoms with Gasteiger partial charge in [0.1, 0.15) is 0 Å². The van der Waals surface area contributed by atoms with E-state index < -0.39 is 0 Å². The van der Waals surface area contributed by atoms with Crippen molar-refractivity contribution in [2.24, 2.45) is 0 Å². The third kappa shape index (κ3) is 3.29. The number of nitrogens with one attached hydrogen (secondary N) is 1. The lowest BCUT2D eigenvalue weighted by Crippen LogP contribution is -2.14. The summed E-state index contributed by atoms with van der Waals surface area (Å²) < 4.78 is 1.79. The number of fused-ring (bicyclic) bond motifs is 3. The van der Waals surface area contributed by atoms with E-state index >= 15 is 0 Å². The molecule has 2 aromatic carbocycles. The van der Waals surface area contributed by atoms with E-state index in [2.05, 4.69) is 41.5 Å². The number of aromatic nitrogens is 5. The van der Waals surface area contributed by atoms with Crippen LogP contribution in [-0.4, -0.2) is 31.1 Å². The summed E-state index contributed by atoms with van der Waals surface area (Å²) in [6.45, 7) is 2.94. The van der Waals surface area contributed by atoms with Crippen molar-refractivity contribution in [3.05, 3.63) is 84.7 Å². The highest BCUT2D eigenvalue weighted by atomic mass is 15.4. The highest BCUT2D eigenvalue weighted by Crippen LogP contribution is 2.24. The van der Waals surface area contributed by atoms with Gasteiger partial charge in [0.15, 0.2) is 11.5 Å². The van der Waals surface area contributed by atoms with Gasteiger partial charge in [-0.1, -0.05) is 49.4 Å². The van der Waals surface area contributed by atoms with Crippen LogP contribution in [0.4, 0.5) is 5.95 Å². The second-order valence-corrected chi connectivity index (χ2v) is 7.06. The number of hydrogen-bond acceptors (Lipinski definition) is 5. The van der Waals surface area contributed by atoms with Crippen molar-refractivity contribution >= 4 is 22.5 Å². The number of benzene rings is 2. The average molecular weight is 380 g/mol. The maximum Gasteiger partial charge on any atom is 0.226 e. The van der Waals surface area contributed by atoms with Gasteiger partial charge in [0.2, 0.25) is 5.95 Å². The first-order valence-corrected chi connectivity index (χ1v) is 9.64. The van der Waals surface area contributed by atoms with E-state index in [4.69, 9.17) is 15.1 Å². The van der Waals surface area contributed by atoms with E-state index in [0.717, 1.165) is 28.7 Å². The summed E-state index contributed by atoms with van der Waals surface area (Å²) in [5, 5.41) is 9.17. The molecule has 0 aliphatic heterocycles. The molecule has 6 heteroatoms. The van der Waals surface area contributed by atoms with Crippen LogP contribution in [0.1, 0.15) is 18.4 Å². The van der Waals surface area contributed by atoms with Crippen molar-refractivity contribution in [1.82, 2.24) is 24.6 Å². The van der Waals surface area contributed by atoms with Gasteiger partial charge in [-0.25, -0.2) is 9.97 Å². The van der Waals surface area contributed by atoms with E-state index in [9.17, 15) is 0 Å². The third-order valence-corrected chi connectivity index (χ3v) is 5.03. The number of pyridine rings is 1. The topological polar surface area (TPSA) is 68.0 Å². The molecule has 29 heavy (non-hydrogen) atoms. The Morgan fingerprint density at radius 3 is 2.59 bits per heavy atom. The van der Waals surface area contributed by atoms with Crippen LogP contribution in [0.15, 0.2) is 79.1 Å². The monoisotopic (exact) mass is 380 g/mol. The zero-order chi connectivity index (χ0) is 19.6. The molecule has 0 amide bonds. The summed E-state index contributed by atoms with van der Waals surface area (Å²) in [6.07, 6.45) is 3.52. The molecular weight excluding hydrogens is 360 g/mol. The van der Waals surface area contributed by atoms with Crippen LogP contribution in [0.2, 0.25) is 0 Å². The van der Waals surface area contributed by atoms with Gasteiger partial charge < -0.3 is 5.32 Å². The molecule has 0 radical (unpaired) electrons. The highest BCUT2D eigenvalue weighted by molar-refractivity contribution is 5.92. The van der Waals surface area contributed by atoms with Crippen molar-refractivity contribution < 1.29 is 0 Å². The van der Waals surface area contributed by atoms with Crippen molar-refractivity contribution in [3.63, 3.8) is 0 Å². The molecular formula is C23H20N6. The van der Waals surface area contributed by atoms with Gasteiger partial charge in [-0.3, -0.25) is 4.98 Å². The Labute approximate surface area is 168 Å². The zero-order valence-electron chi connectivity index (χ0n) is 16.0. The Balaban J connectivity index is 1.57. The average Bonchev–Trinajstić information content (AvgIpc) is 3.24. The Bertz CT molecular complexity index is 1260. The number of hydrogen-bond donors (Lipinski definition) is 1. The Morgan fingerprint density at radius 1 is 0.931 bits per heavy atom. The van der Waals surface area contributed by atoms with E-state index in [-0.39, 0.29) is 0 Å². The molecule has 0 aliphatic carbocycles. The second kappa shape index (κ2) is 7.31. The van der Waals surface area contributed by atoms with Gasteiger partial charge in [-0.2, -0.15) is 4.52 Å². The molecule has 0 saturated carbocycles. The molecule has 0 spiro atoms. The summed E-state index contributed by atoms with van der Waals surface area (Å²) in [7, 11) is 0. The van der Waals surface area contributed by atoms with Crippen LogP contribution in [0.25, 0.3) is 27.9 Å². The molecule has 3 heterocycles. The van der Waals surface area contributed by atoms with Crippen molar-refractivity contribution in [2.45, 2.75) is 12.8 Å². The smallest absolute Gasteiger partial charge is 0.226 e. The van der Waals surface area contributed by atoms with Crippen LogP contribution in [0, 0.1) is 0 Å². The number of para-hydroxylation sites is 1. The first kappa shape index (κ1) is 17.3. The quantitative estimate of drug-likeness (QED) is 0.484. The van der Waals surface area contributed by atoms with Gasteiger partial charge in [0.05, 0.1) is 5.52 Å². The van der Waals surface area contributed by atoms with Gasteiger partial charge in [0, 0.05) is 29.9 Å². The van der Waals surface area contributed by atoms with Gasteiger partial charge >= 0.3 is 0 Å². The fraction of sp³-hybridized carbons (Fsp3) is 0.130. The number of rotatable bonds is 5. The third-order valence-electron chi connectivity index (χ3n) is 5.03. The lowest BCUT2D eigenvalue weighted by Gasteiger charge is -2.14. The van der Waals surface area contributed by atoms with Crippen LogP contribution in [0.3, 0.4) is 0 Å². The van der Waals surface area contributed by atoms with Gasteiger partial charge in [-0.05, 0) is 35.7 Å². The molecule has 1 atom stereocenters. The Hall–Kier alpha value is -3.80. The van der Waals surface area contributed by atoms with Crippen molar-refractivity contribution in [2.75, 3.05) is 11.9 Å². The molecule has 1 N–H and O–H groups in total. The summed E-state index contributed by atoms with van der Waals surface area (Å²) in [5.41, 5.74) is 3.83. The fourth-order valence-corrected chi connectivity index (χ4v) is 3.43. The molecule has 0 fully saturated rings. The molecule has 5 rings (SSSR count). The maximum atomic E-state index is 4.81.